The second-order valence-corrected chi connectivity index (χ2v) is 7.63. The molecule has 0 saturated carbocycles. The maximum Gasteiger partial charge on any atom is 0.257 e. The molecule has 0 aliphatic rings. The number of aromatic nitrogens is 1. The first-order valence-electron chi connectivity index (χ1n) is 7.22. The van der Waals surface area contributed by atoms with Crippen molar-refractivity contribution in [1.82, 2.24) is 4.98 Å². The number of nitrogens with one attached hydrogen (secondary N) is 2. The van der Waals surface area contributed by atoms with Crippen LogP contribution in [0.3, 0.4) is 0 Å². The zero-order valence-electron chi connectivity index (χ0n) is 12.7. The molecule has 0 unspecified atom stereocenters. The third kappa shape index (κ3) is 4.86. The van der Waals surface area contributed by atoms with Crippen LogP contribution < -0.4 is 10.6 Å². The first-order valence-corrected chi connectivity index (χ1v) is 9.17. The van der Waals surface area contributed by atoms with Gasteiger partial charge in [0.15, 0.2) is 4.47 Å². The molecule has 1 aromatic heterocycles. The minimum atomic E-state index is -0.298. The van der Waals surface area contributed by atoms with Crippen LogP contribution in [0.1, 0.15) is 15.2 Å². The van der Waals surface area contributed by atoms with Crippen molar-refractivity contribution in [3.05, 3.63) is 73.6 Å². The highest BCUT2D eigenvalue weighted by Crippen LogP contribution is 2.24. The number of benzene rings is 2. The zero-order chi connectivity index (χ0) is 17.8. The van der Waals surface area contributed by atoms with Gasteiger partial charge >= 0.3 is 0 Å². The van der Waals surface area contributed by atoms with Crippen molar-refractivity contribution >= 4 is 63.4 Å². The predicted octanol–water partition coefficient (Wildman–Crippen LogP) is 5.97. The molecule has 0 radical (unpaired) electrons. The third-order valence-electron chi connectivity index (χ3n) is 3.29. The molecule has 1 amide bonds. The molecule has 1 heterocycles. The summed E-state index contributed by atoms with van der Waals surface area (Å²) in [6.45, 7) is 0.602. The Kier molecular flexibility index (Phi) is 5.81. The molecule has 0 saturated heterocycles. The summed E-state index contributed by atoms with van der Waals surface area (Å²) in [6, 6.07) is 12.2. The Labute approximate surface area is 163 Å². The van der Waals surface area contributed by atoms with E-state index < -0.39 is 0 Å². The van der Waals surface area contributed by atoms with Gasteiger partial charge in [-0.2, -0.15) is 0 Å². The van der Waals surface area contributed by atoms with Gasteiger partial charge < -0.3 is 10.6 Å². The molecular weight excluding hydrogens is 401 g/mol. The Morgan fingerprint density at radius 2 is 1.88 bits per heavy atom. The lowest BCUT2D eigenvalue weighted by Gasteiger charge is -2.10. The topological polar surface area (TPSA) is 54.0 Å². The van der Waals surface area contributed by atoms with Crippen LogP contribution in [-0.4, -0.2) is 10.9 Å². The summed E-state index contributed by atoms with van der Waals surface area (Å²) in [7, 11) is 0. The van der Waals surface area contributed by atoms with Crippen molar-refractivity contribution in [2.75, 3.05) is 10.6 Å². The van der Waals surface area contributed by atoms with Crippen LogP contribution in [0.4, 0.5) is 11.4 Å². The van der Waals surface area contributed by atoms with Crippen LogP contribution >= 0.6 is 46.1 Å². The van der Waals surface area contributed by atoms with Crippen LogP contribution in [0.5, 0.6) is 0 Å². The van der Waals surface area contributed by atoms with E-state index in [0.717, 1.165) is 10.6 Å². The van der Waals surface area contributed by atoms with Gasteiger partial charge in [0.25, 0.3) is 5.91 Å². The van der Waals surface area contributed by atoms with Gasteiger partial charge in [-0.3, -0.25) is 4.79 Å². The lowest BCUT2D eigenvalue weighted by molar-refractivity contribution is 0.102. The molecule has 0 aliphatic heterocycles. The molecule has 0 aliphatic carbocycles. The van der Waals surface area contributed by atoms with Crippen molar-refractivity contribution in [2.45, 2.75) is 6.54 Å². The molecule has 2 aromatic carbocycles. The maximum absolute atomic E-state index is 12.4. The quantitative estimate of drug-likeness (QED) is 0.543. The number of carbonyl (C=O) groups excluding carboxylic acids is 1. The van der Waals surface area contributed by atoms with Gasteiger partial charge in [-0.15, -0.1) is 11.3 Å². The Morgan fingerprint density at radius 3 is 2.60 bits per heavy atom. The standard InChI is InChI=1S/C17H12Cl3N3OS/c18-10-4-5-14(15(19)6-10)16(24)23-12-3-1-2-11(7-12)21-8-13-9-22-17(20)25-13/h1-7,9,21H,8H2,(H,23,24). The summed E-state index contributed by atoms with van der Waals surface area (Å²) in [5.41, 5.74) is 1.89. The largest absolute Gasteiger partial charge is 0.380 e. The van der Waals surface area contributed by atoms with E-state index in [1.807, 2.05) is 18.2 Å². The lowest BCUT2D eigenvalue weighted by Crippen LogP contribution is -2.12. The molecule has 3 rings (SSSR count). The zero-order valence-corrected chi connectivity index (χ0v) is 15.8. The van der Waals surface area contributed by atoms with E-state index in [2.05, 4.69) is 15.6 Å². The number of thiazole rings is 1. The fraction of sp³-hybridized carbons (Fsp3) is 0.0588. The molecule has 0 fully saturated rings. The van der Waals surface area contributed by atoms with E-state index in [-0.39, 0.29) is 5.91 Å². The summed E-state index contributed by atoms with van der Waals surface area (Å²) >= 11 is 19.2. The van der Waals surface area contributed by atoms with Crippen LogP contribution in [0.2, 0.25) is 14.5 Å². The first kappa shape index (κ1) is 18.0. The number of hydrogen-bond donors (Lipinski definition) is 2. The molecule has 4 nitrogen and oxygen atoms in total. The van der Waals surface area contributed by atoms with Crippen LogP contribution in [-0.2, 0) is 6.54 Å². The maximum atomic E-state index is 12.4. The van der Waals surface area contributed by atoms with Crippen molar-refractivity contribution in [3.63, 3.8) is 0 Å². The van der Waals surface area contributed by atoms with Crippen LogP contribution in [0.15, 0.2) is 48.7 Å². The number of anilines is 2. The van der Waals surface area contributed by atoms with E-state index in [0.29, 0.717) is 32.3 Å². The Balaban J connectivity index is 1.67. The predicted molar refractivity (Wildman–Crippen MR) is 105 cm³/mol. The third-order valence-corrected chi connectivity index (χ3v) is 4.95. The highest BCUT2D eigenvalue weighted by Gasteiger charge is 2.11. The molecule has 0 bridgehead atoms. The van der Waals surface area contributed by atoms with E-state index in [1.165, 1.54) is 17.4 Å². The average Bonchev–Trinajstić information content (AvgIpc) is 2.98. The fourth-order valence-corrected chi connectivity index (χ4v) is 3.55. The number of carbonyl (C=O) groups is 1. The Bertz CT molecular complexity index is 914. The van der Waals surface area contributed by atoms with Gasteiger partial charge in [-0.25, -0.2) is 4.98 Å². The molecule has 2 N–H and O–H groups in total. The van der Waals surface area contributed by atoms with E-state index >= 15 is 0 Å². The Hall–Kier alpha value is -1.79. The fourth-order valence-electron chi connectivity index (χ4n) is 2.13. The smallest absolute Gasteiger partial charge is 0.257 e. The monoisotopic (exact) mass is 411 g/mol. The molecule has 3 aromatic rings. The van der Waals surface area contributed by atoms with Gasteiger partial charge in [-0.1, -0.05) is 40.9 Å². The van der Waals surface area contributed by atoms with Gasteiger partial charge in [-0.05, 0) is 36.4 Å². The minimum Gasteiger partial charge on any atom is -0.380 e. The number of amides is 1. The second kappa shape index (κ2) is 8.06. The minimum absolute atomic E-state index is 0.298. The van der Waals surface area contributed by atoms with Crippen LogP contribution in [0, 0.1) is 0 Å². The summed E-state index contributed by atoms with van der Waals surface area (Å²) in [5, 5.41) is 6.88. The number of nitrogens with zero attached hydrogens (tertiary/aromatic N) is 1. The lowest BCUT2D eigenvalue weighted by atomic mass is 10.2. The van der Waals surface area contributed by atoms with Gasteiger partial charge in [0.2, 0.25) is 0 Å². The summed E-state index contributed by atoms with van der Waals surface area (Å²) in [4.78, 5) is 17.4. The highest BCUT2D eigenvalue weighted by atomic mass is 35.5. The van der Waals surface area contributed by atoms with Crippen LogP contribution in [0.25, 0.3) is 0 Å². The molecule has 25 heavy (non-hydrogen) atoms. The van der Waals surface area contributed by atoms with E-state index in [4.69, 9.17) is 34.8 Å². The van der Waals surface area contributed by atoms with Crippen molar-refractivity contribution < 1.29 is 4.79 Å². The first-order chi connectivity index (χ1) is 12.0. The summed E-state index contributed by atoms with van der Waals surface area (Å²) in [5.74, 6) is -0.298. The summed E-state index contributed by atoms with van der Waals surface area (Å²) < 4.78 is 0.512. The molecular formula is C17H12Cl3N3OS. The molecule has 0 spiro atoms. The number of hydrogen-bond acceptors (Lipinski definition) is 4. The van der Waals surface area contributed by atoms with Gasteiger partial charge in [0, 0.05) is 27.5 Å². The van der Waals surface area contributed by atoms with Crippen molar-refractivity contribution in [1.29, 1.82) is 0 Å². The molecule has 128 valence electrons. The highest BCUT2D eigenvalue weighted by molar-refractivity contribution is 7.15. The van der Waals surface area contributed by atoms with E-state index in [9.17, 15) is 4.79 Å². The van der Waals surface area contributed by atoms with Crippen molar-refractivity contribution in [3.8, 4) is 0 Å². The van der Waals surface area contributed by atoms with Gasteiger partial charge in [0.05, 0.1) is 17.1 Å². The number of rotatable bonds is 5. The SMILES string of the molecule is O=C(Nc1cccc(NCc2cnc(Cl)s2)c1)c1ccc(Cl)cc1Cl. The molecule has 0 atom stereocenters. The summed E-state index contributed by atoms with van der Waals surface area (Å²) in [6.07, 6.45) is 1.73. The number of halogens is 3. The second-order valence-electron chi connectivity index (χ2n) is 5.09. The Morgan fingerprint density at radius 1 is 1.08 bits per heavy atom. The molecule has 8 heteroatoms. The van der Waals surface area contributed by atoms with Crippen molar-refractivity contribution in [2.24, 2.45) is 0 Å². The average molecular weight is 413 g/mol. The van der Waals surface area contributed by atoms with E-state index in [1.54, 1.807) is 24.4 Å². The van der Waals surface area contributed by atoms with Gasteiger partial charge in [0.1, 0.15) is 0 Å². The normalized spacial score (nSPS) is 10.5.